The fraction of sp³-hybridized carbons (Fsp3) is 0.364. The van der Waals surface area contributed by atoms with Gasteiger partial charge in [-0.1, -0.05) is 0 Å². The molecule has 4 heteroatoms. The number of nitrogens with one attached hydrogen (secondary N) is 1. The summed E-state index contributed by atoms with van der Waals surface area (Å²) in [5, 5.41) is 2.79. The molecule has 1 aliphatic rings. The molecule has 0 bridgehead atoms. The third-order valence-corrected chi connectivity index (χ3v) is 6.76. The van der Waals surface area contributed by atoms with Gasteiger partial charge in [0.2, 0.25) is 0 Å². The molecule has 140 valence electrons. The number of fused-ring (bicyclic) bond motifs is 1. The fourth-order valence-electron chi connectivity index (χ4n) is 3.44. The Morgan fingerprint density at radius 1 is 1.00 bits per heavy atom. The molecule has 1 nitrogen and oxygen atoms in total. The van der Waals surface area contributed by atoms with Gasteiger partial charge in [0.1, 0.15) is 0 Å². The standard InChI is InChI=1S/C18H17.C4H10N.2ClH.Ti/c1-12-10-13(2)18(11-12)17-9-8-15-6-4-5-7-16(15)14(17)3;1-4(2,3)5;;;/h4-10H,3,11H2,1-2H3;5H,1-3H3;2*1H;/q;-1;;;+1. The molecular formula is C22H29Cl2NTi. The third-order valence-electron chi connectivity index (χ3n) is 4.49. The van der Waals surface area contributed by atoms with Crippen LogP contribution in [-0.4, -0.2) is 5.54 Å². The minimum atomic E-state index is -0.212. The van der Waals surface area contributed by atoms with Gasteiger partial charge in [0.25, 0.3) is 0 Å². The SMILES string of the molecule is CC1=CC(C)=C(c2ccc3ccccc3c2[CH2][Ti][NH]C(C)(C)C)C1.Cl.Cl. The minimum Gasteiger partial charge on any atom is -0.147 e. The Balaban J connectivity index is 0.00000169. The van der Waals surface area contributed by atoms with E-state index >= 15 is 0 Å². The topological polar surface area (TPSA) is 12.0 Å². The summed E-state index contributed by atoms with van der Waals surface area (Å²) in [6.07, 6.45) is 3.45. The van der Waals surface area contributed by atoms with Crippen molar-refractivity contribution in [2.45, 2.75) is 51.3 Å². The zero-order valence-corrected chi connectivity index (χ0v) is 19.5. The van der Waals surface area contributed by atoms with Crippen LogP contribution >= 0.6 is 24.8 Å². The Bertz CT molecular complexity index is 832. The smallest absolute Gasteiger partial charge is 0.147 e. The van der Waals surface area contributed by atoms with Crippen molar-refractivity contribution in [2.75, 3.05) is 0 Å². The van der Waals surface area contributed by atoms with Crippen molar-refractivity contribution in [1.82, 2.24) is 3.80 Å². The van der Waals surface area contributed by atoms with Crippen molar-refractivity contribution in [2.24, 2.45) is 0 Å². The summed E-state index contributed by atoms with van der Waals surface area (Å²) < 4.78 is 4.95. The molecule has 0 saturated heterocycles. The van der Waals surface area contributed by atoms with Gasteiger partial charge in [0, 0.05) is 0 Å². The number of rotatable bonds is 4. The van der Waals surface area contributed by atoms with Crippen molar-refractivity contribution < 1.29 is 19.4 Å². The van der Waals surface area contributed by atoms with E-state index in [0.29, 0.717) is 0 Å². The molecule has 0 unspecified atom stereocenters. The fourth-order valence-corrected chi connectivity index (χ4v) is 5.28. The summed E-state index contributed by atoms with van der Waals surface area (Å²) >= 11 is -0.212. The maximum absolute atomic E-state index is 3.77. The van der Waals surface area contributed by atoms with E-state index in [4.69, 9.17) is 0 Å². The van der Waals surface area contributed by atoms with Crippen LogP contribution in [0.1, 0.15) is 52.2 Å². The molecule has 0 heterocycles. The molecular weight excluding hydrogens is 397 g/mol. The summed E-state index contributed by atoms with van der Waals surface area (Å²) in [6, 6.07) is 13.5. The molecule has 26 heavy (non-hydrogen) atoms. The molecule has 1 N–H and O–H groups in total. The summed E-state index contributed by atoms with van der Waals surface area (Å²) in [7, 11) is 0. The number of hydrogen-bond donors (Lipinski definition) is 1. The van der Waals surface area contributed by atoms with Crippen LogP contribution in [0.25, 0.3) is 16.3 Å². The van der Waals surface area contributed by atoms with Crippen molar-refractivity contribution in [3.63, 3.8) is 0 Å². The zero-order valence-electron chi connectivity index (χ0n) is 16.3. The summed E-state index contributed by atoms with van der Waals surface area (Å²) in [4.78, 5) is 0. The molecule has 0 atom stereocenters. The Hall–Kier alpha value is -0.566. The molecule has 0 amide bonds. The average Bonchev–Trinajstić information content (AvgIpc) is 2.84. The largest absolute Gasteiger partial charge is 0.147 e. The van der Waals surface area contributed by atoms with E-state index in [0.717, 1.165) is 6.42 Å². The van der Waals surface area contributed by atoms with E-state index in [1.807, 2.05) is 0 Å². The average molecular weight is 426 g/mol. The van der Waals surface area contributed by atoms with Crippen molar-refractivity contribution in [3.8, 4) is 0 Å². The summed E-state index contributed by atoms with van der Waals surface area (Å²) in [5.74, 6) is 0. The second-order valence-corrected chi connectivity index (χ2v) is 9.36. The molecule has 0 fully saturated rings. The molecule has 0 spiro atoms. The van der Waals surface area contributed by atoms with Crippen molar-refractivity contribution >= 4 is 41.2 Å². The number of hydrogen-bond acceptors (Lipinski definition) is 1. The van der Waals surface area contributed by atoms with Gasteiger partial charge >= 0.3 is 156 Å². The van der Waals surface area contributed by atoms with Gasteiger partial charge in [-0.05, 0) is 0 Å². The van der Waals surface area contributed by atoms with Gasteiger partial charge in [0.15, 0.2) is 0 Å². The normalized spacial score (nSPS) is 14.0. The van der Waals surface area contributed by atoms with E-state index in [9.17, 15) is 0 Å². The maximum atomic E-state index is 3.77. The van der Waals surface area contributed by atoms with Crippen LogP contribution in [-0.2, 0) is 24.1 Å². The van der Waals surface area contributed by atoms with E-state index in [1.165, 1.54) is 37.8 Å². The van der Waals surface area contributed by atoms with Gasteiger partial charge in [0.05, 0.1) is 0 Å². The Kier molecular flexibility index (Phi) is 8.65. The van der Waals surface area contributed by atoms with Gasteiger partial charge in [-0.2, -0.15) is 0 Å². The first-order valence-electron chi connectivity index (χ1n) is 8.73. The van der Waals surface area contributed by atoms with Crippen LogP contribution in [0.5, 0.6) is 0 Å². The molecule has 0 saturated carbocycles. The van der Waals surface area contributed by atoms with Crippen LogP contribution in [0.15, 0.2) is 53.6 Å². The summed E-state index contributed by atoms with van der Waals surface area (Å²) in [5.41, 5.74) is 7.67. The van der Waals surface area contributed by atoms with Crippen LogP contribution in [0.3, 0.4) is 0 Å². The van der Waals surface area contributed by atoms with Gasteiger partial charge in [-0.3, -0.25) is 0 Å². The first kappa shape index (κ1) is 23.5. The van der Waals surface area contributed by atoms with E-state index < -0.39 is 0 Å². The number of allylic oxidation sites excluding steroid dienone is 4. The second-order valence-electron chi connectivity index (χ2n) is 7.87. The minimum absolute atomic E-state index is 0. The van der Waals surface area contributed by atoms with Gasteiger partial charge in [-0.25, -0.2) is 0 Å². The van der Waals surface area contributed by atoms with E-state index in [-0.39, 0.29) is 49.8 Å². The van der Waals surface area contributed by atoms with Crippen LogP contribution in [0.2, 0.25) is 0 Å². The Morgan fingerprint density at radius 2 is 1.69 bits per heavy atom. The first-order chi connectivity index (χ1) is 11.3. The van der Waals surface area contributed by atoms with E-state index in [1.54, 1.807) is 5.56 Å². The van der Waals surface area contributed by atoms with Crippen LogP contribution < -0.4 is 3.80 Å². The monoisotopic (exact) mass is 425 g/mol. The Morgan fingerprint density at radius 3 is 2.31 bits per heavy atom. The van der Waals surface area contributed by atoms with Crippen molar-refractivity contribution in [1.29, 1.82) is 0 Å². The molecule has 2 aromatic rings. The van der Waals surface area contributed by atoms with Gasteiger partial charge in [-0.15, -0.1) is 24.8 Å². The quantitative estimate of drug-likeness (QED) is 0.537. The predicted molar refractivity (Wildman–Crippen MR) is 116 cm³/mol. The molecule has 2 aromatic carbocycles. The Labute approximate surface area is 179 Å². The van der Waals surface area contributed by atoms with Crippen LogP contribution in [0, 0.1) is 0 Å². The van der Waals surface area contributed by atoms with E-state index in [2.05, 4.69) is 80.9 Å². The maximum Gasteiger partial charge on any atom is -0.147 e. The molecule has 0 aliphatic heterocycles. The van der Waals surface area contributed by atoms with Gasteiger partial charge < -0.3 is 0 Å². The predicted octanol–water partition coefficient (Wildman–Crippen LogP) is 6.69. The molecule has 0 radical (unpaired) electrons. The molecule has 1 aliphatic carbocycles. The van der Waals surface area contributed by atoms with Crippen LogP contribution in [0.4, 0.5) is 0 Å². The third kappa shape index (κ3) is 5.47. The number of halogens is 2. The van der Waals surface area contributed by atoms with Crippen molar-refractivity contribution in [3.05, 3.63) is 64.7 Å². The first-order valence-corrected chi connectivity index (χ1v) is 10.6. The zero-order chi connectivity index (χ0) is 17.3. The summed E-state index contributed by atoms with van der Waals surface area (Å²) in [6.45, 7) is 11.3. The number of benzene rings is 2. The molecule has 3 rings (SSSR count). The second kappa shape index (κ2) is 9.58. The molecule has 0 aromatic heterocycles.